The van der Waals surface area contributed by atoms with Gasteiger partial charge in [0.05, 0.1) is 0 Å². The second-order valence-corrected chi connectivity index (χ2v) is 4.78. The van der Waals surface area contributed by atoms with Crippen LogP contribution < -0.4 is 10.6 Å². The zero-order valence-electron chi connectivity index (χ0n) is 9.62. The second kappa shape index (κ2) is 4.55. The quantitative estimate of drug-likeness (QED) is 0.614. The van der Waals surface area contributed by atoms with Gasteiger partial charge in [0.25, 0.3) is 0 Å². The highest BCUT2D eigenvalue weighted by atomic mass is 16.4. The minimum Gasteiger partial charge on any atom is -0.480 e. The average Bonchev–Trinajstić information content (AvgIpc) is 2.72. The van der Waals surface area contributed by atoms with Crippen LogP contribution in [0.2, 0.25) is 0 Å². The Hall–Kier alpha value is -1.52. The van der Waals surface area contributed by atoms with Crippen molar-refractivity contribution >= 4 is 12.0 Å². The normalized spacial score (nSPS) is 23.0. The van der Waals surface area contributed by atoms with Crippen molar-refractivity contribution in [3.63, 3.8) is 0 Å². The van der Waals surface area contributed by atoms with Crippen molar-refractivity contribution in [2.45, 2.75) is 38.8 Å². The van der Waals surface area contributed by atoms with Gasteiger partial charge in [-0.05, 0) is 18.3 Å². The number of carboxylic acids is 1. The minimum atomic E-state index is -1.05. The van der Waals surface area contributed by atoms with Gasteiger partial charge >= 0.3 is 12.0 Å². The predicted octanol–water partition coefficient (Wildman–Crippen LogP) is 1.11. The SMILES string of the molecule is C=CCC(NC(=O)NC1CC1(C)C)C(=O)O. The first-order valence-electron chi connectivity index (χ1n) is 5.27. The summed E-state index contributed by atoms with van der Waals surface area (Å²) in [5.74, 6) is -1.05. The predicted molar refractivity (Wildman–Crippen MR) is 60.1 cm³/mol. The number of amides is 2. The molecule has 2 unspecified atom stereocenters. The van der Waals surface area contributed by atoms with E-state index in [9.17, 15) is 9.59 Å². The Morgan fingerprint density at radius 2 is 2.19 bits per heavy atom. The lowest BCUT2D eigenvalue weighted by atomic mass is 10.2. The number of aliphatic carboxylic acids is 1. The van der Waals surface area contributed by atoms with E-state index < -0.39 is 18.0 Å². The topological polar surface area (TPSA) is 78.4 Å². The van der Waals surface area contributed by atoms with Gasteiger partial charge in [-0.15, -0.1) is 6.58 Å². The molecule has 1 aliphatic carbocycles. The highest BCUT2D eigenvalue weighted by Crippen LogP contribution is 2.44. The molecule has 0 heterocycles. The molecule has 16 heavy (non-hydrogen) atoms. The van der Waals surface area contributed by atoms with Gasteiger partial charge in [0, 0.05) is 6.04 Å². The van der Waals surface area contributed by atoms with E-state index in [-0.39, 0.29) is 17.9 Å². The van der Waals surface area contributed by atoms with Gasteiger partial charge in [0.2, 0.25) is 0 Å². The van der Waals surface area contributed by atoms with E-state index in [0.29, 0.717) is 0 Å². The Labute approximate surface area is 94.9 Å². The number of nitrogens with one attached hydrogen (secondary N) is 2. The van der Waals surface area contributed by atoms with Crippen molar-refractivity contribution in [1.29, 1.82) is 0 Å². The van der Waals surface area contributed by atoms with E-state index in [2.05, 4.69) is 31.1 Å². The van der Waals surface area contributed by atoms with E-state index in [1.165, 1.54) is 6.08 Å². The van der Waals surface area contributed by atoms with Crippen molar-refractivity contribution in [2.24, 2.45) is 5.41 Å². The largest absolute Gasteiger partial charge is 0.480 e. The zero-order valence-corrected chi connectivity index (χ0v) is 9.62. The molecule has 0 saturated heterocycles. The fraction of sp³-hybridized carbons (Fsp3) is 0.636. The maximum atomic E-state index is 11.5. The number of hydrogen-bond donors (Lipinski definition) is 3. The molecule has 2 amide bonds. The molecule has 0 aromatic carbocycles. The average molecular weight is 226 g/mol. The monoisotopic (exact) mass is 226 g/mol. The Kier molecular flexibility index (Phi) is 3.57. The number of carboxylic acid groups (broad SMARTS) is 1. The minimum absolute atomic E-state index is 0.133. The molecular formula is C11H18N2O3. The van der Waals surface area contributed by atoms with Gasteiger partial charge in [0.15, 0.2) is 0 Å². The van der Waals surface area contributed by atoms with Gasteiger partial charge in [-0.25, -0.2) is 9.59 Å². The Morgan fingerprint density at radius 1 is 1.62 bits per heavy atom. The fourth-order valence-electron chi connectivity index (χ4n) is 1.46. The van der Waals surface area contributed by atoms with Crippen LogP contribution in [0.3, 0.4) is 0 Å². The van der Waals surface area contributed by atoms with Crippen LogP contribution in [0, 0.1) is 5.41 Å². The first-order chi connectivity index (χ1) is 7.36. The highest BCUT2D eigenvalue weighted by Gasteiger charge is 2.46. The summed E-state index contributed by atoms with van der Waals surface area (Å²) >= 11 is 0. The lowest BCUT2D eigenvalue weighted by Crippen LogP contribution is -2.47. The highest BCUT2D eigenvalue weighted by molar-refractivity contribution is 5.83. The zero-order chi connectivity index (χ0) is 12.3. The van der Waals surface area contributed by atoms with Crippen LogP contribution in [-0.2, 0) is 4.79 Å². The molecule has 3 N–H and O–H groups in total. The Morgan fingerprint density at radius 3 is 2.56 bits per heavy atom. The fourth-order valence-corrected chi connectivity index (χ4v) is 1.46. The molecular weight excluding hydrogens is 208 g/mol. The summed E-state index contributed by atoms with van der Waals surface area (Å²) in [6, 6.07) is -1.19. The van der Waals surface area contributed by atoms with Crippen LogP contribution in [0.1, 0.15) is 26.7 Å². The smallest absolute Gasteiger partial charge is 0.326 e. The maximum Gasteiger partial charge on any atom is 0.326 e. The van der Waals surface area contributed by atoms with Gasteiger partial charge in [-0.3, -0.25) is 0 Å². The summed E-state index contributed by atoms with van der Waals surface area (Å²) in [7, 11) is 0. The van der Waals surface area contributed by atoms with Crippen LogP contribution >= 0.6 is 0 Å². The van der Waals surface area contributed by atoms with E-state index in [0.717, 1.165) is 6.42 Å². The van der Waals surface area contributed by atoms with Crippen LogP contribution in [0.15, 0.2) is 12.7 Å². The summed E-state index contributed by atoms with van der Waals surface area (Å²) in [6.45, 7) is 7.56. The van der Waals surface area contributed by atoms with Crippen molar-refractivity contribution in [3.05, 3.63) is 12.7 Å². The van der Waals surface area contributed by atoms with E-state index in [1.54, 1.807) is 0 Å². The van der Waals surface area contributed by atoms with Crippen LogP contribution in [0.4, 0.5) is 4.79 Å². The molecule has 1 fully saturated rings. The van der Waals surface area contributed by atoms with Gasteiger partial charge in [-0.2, -0.15) is 0 Å². The summed E-state index contributed by atoms with van der Waals surface area (Å²) in [4.78, 5) is 22.2. The molecule has 0 aromatic heterocycles. The van der Waals surface area contributed by atoms with E-state index >= 15 is 0 Å². The molecule has 1 saturated carbocycles. The maximum absolute atomic E-state index is 11.5. The third-order valence-corrected chi connectivity index (χ3v) is 2.82. The van der Waals surface area contributed by atoms with Crippen molar-refractivity contribution in [3.8, 4) is 0 Å². The third-order valence-electron chi connectivity index (χ3n) is 2.82. The molecule has 5 heteroatoms. The molecule has 90 valence electrons. The summed E-state index contributed by atoms with van der Waals surface area (Å²) in [5.41, 5.74) is 0.133. The Bertz CT molecular complexity index is 312. The number of carbonyl (C=O) groups is 2. The van der Waals surface area contributed by atoms with Crippen LogP contribution in [-0.4, -0.2) is 29.2 Å². The van der Waals surface area contributed by atoms with Gasteiger partial charge < -0.3 is 15.7 Å². The lowest BCUT2D eigenvalue weighted by molar-refractivity contribution is -0.139. The number of rotatable bonds is 5. The number of urea groups is 1. The summed E-state index contributed by atoms with van der Waals surface area (Å²) in [6.07, 6.45) is 2.62. The molecule has 1 aliphatic rings. The van der Waals surface area contributed by atoms with E-state index in [4.69, 9.17) is 5.11 Å². The van der Waals surface area contributed by atoms with Crippen LogP contribution in [0.25, 0.3) is 0 Å². The first kappa shape index (κ1) is 12.5. The van der Waals surface area contributed by atoms with Crippen molar-refractivity contribution < 1.29 is 14.7 Å². The molecule has 5 nitrogen and oxygen atoms in total. The van der Waals surface area contributed by atoms with Crippen molar-refractivity contribution in [2.75, 3.05) is 0 Å². The molecule has 2 atom stereocenters. The number of carbonyl (C=O) groups excluding carboxylic acids is 1. The molecule has 0 aromatic rings. The van der Waals surface area contributed by atoms with Crippen LogP contribution in [0.5, 0.6) is 0 Å². The molecule has 0 bridgehead atoms. The number of hydrogen-bond acceptors (Lipinski definition) is 2. The second-order valence-electron chi connectivity index (χ2n) is 4.78. The van der Waals surface area contributed by atoms with E-state index in [1.807, 2.05) is 0 Å². The lowest BCUT2D eigenvalue weighted by Gasteiger charge is -2.14. The van der Waals surface area contributed by atoms with Gasteiger partial charge in [0.1, 0.15) is 6.04 Å². The molecule has 1 rings (SSSR count). The van der Waals surface area contributed by atoms with Crippen molar-refractivity contribution in [1.82, 2.24) is 10.6 Å². The molecule has 0 radical (unpaired) electrons. The Balaban J connectivity index is 2.37. The molecule has 0 aliphatic heterocycles. The standard InChI is InChI=1S/C11H18N2O3/c1-4-5-7(9(14)15)12-10(16)13-8-6-11(8,2)3/h4,7-8H,1,5-6H2,2-3H3,(H,14,15)(H2,12,13,16). The summed E-state index contributed by atoms with van der Waals surface area (Å²) < 4.78 is 0. The first-order valence-corrected chi connectivity index (χ1v) is 5.27. The third kappa shape index (κ3) is 3.25. The summed E-state index contributed by atoms with van der Waals surface area (Å²) in [5, 5.41) is 14.0. The molecule has 0 spiro atoms. The van der Waals surface area contributed by atoms with Gasteiger partial charge in [-0.1, -0.05) is 19.9 Å².